The van der Waals surface area contributed by atoms with Gasteiger partial charge in [0.05, 0.1) is 17.9 Å². The van der Waals surface area contributed by atoms with Gasteiger partial charge in [0.25, 0.3) is 10.0 Å². The molecular formula is C21H16F2N2O3S. The third-order valence-corrected chi connectivity index (χ3v) is 6.50. The highest BCUT2D eigenvalue weighted by molar-refractivity contribution is 7.94. The van der Waals surface area contributed by atoms with Crippen LogP contribution in [0.1, 0.15) is 11.1 Å². The molecule has 1 aliphatic heterocycles. The molecule has 0 aromatic heterocycles. The summed E-state index contributed by atoms with van der Waals surface area (Å²) in [5.41, 5.74) is 0.569. The van der Waals surface area contributed by atoms with E-state index in [2.05, 4.69) is 0 Å². The van der Waals surface area contributed by atoms with Gasteiger partial charge in [0.1, 0.15) is 16.5 Å². The van der Waals surface area contributed by atoms with Crippen LogP contribution in [0.2, 0.25) is 0 Å². The SMILES string of the molecule is Cc1ccc(N2C(=O)N(Cc3ccccc3F)c3ccccc3S2(=O)=O)cc1F. The van der Waals surface area contributed by atoms with Crippen LogP contribution in [0.3, 0.4) is 0 Å². The summed E-state index contributed by atoms with van der Waals surface area (Å²) in [6.45, 7) is 1.36. The standard InChI is InChI=1S/C21H16F2N2O3S/c1-14-10-11-16(12-18(14)23)25-21(26)24(13-15-6-2-3-7-17(15)22)19-8-4-5-9-20(19)29(25,27)28/h2-12H,13H2,1H3. The molecule has 0 unspecified atom stereocenters. The van der Waals surface area contributed by atoms with Crippen molar-refractivity contribution < 1.29 is 22.0 Å². The third kappa shape index (κ3) is 3.15. The van der Waals surface area contributed by atoms with Crippen molar-refractivity contribution in [3.63, 3.8) is 0 Å². The minimum absolute atomic E-state index is 0.114. The third-order valence-electron chi connectivity index (χ3n) is 4.76. The quantitative estimate of drug-likeness (QED) is 0.629. The smallest absolute Gasteiger partial charge is 0.287 e. The maximum atomic E-state index is 14.2. The van der Waals surface area contributed by atoms with E-state index >= 15 is 0 Å². The summed E-state index contributed by atoms with van der Waals surface area (Å²) < 4.78 is 55.2. The highest BCUT2D eigenvalue weighted by Crippen LogP contribution is 2.38. The minimum Gasteiger partial charge on any atom is -0.287 e. The second kappa shape index (κ2) is 6.97. The maximum absolute atomic E-state index is 14.2. The van der Waals surface area contributed by atoms with Gasteiger partial charge in [-0.25, -0.2) is 22.0 Å². The Kier molecular flexibility index (Phi) is 4.58. The minimum atomic E-state index is -4.27. The van der Waals surface area contributed by atoms with Crippen LogP contribution in [-0.2, 0) is 16.6 Å². The van der Waals surface area contributed by atoms with Crippen molar-refractivity contribution in [2.45, 2.75) is 18.4 Å². The Morgan fingerprint density at radius 1 is 0.897 bits per heavy atom. The van der Waals surface area contributed by atoms with Crippen molar-refractivity contribution >= 4 is 27.4 Å². The number of carbonyl (C=O) groups is 1. The van der Waals surface area contributed by atoms with E-state index in [-0.39, 0.29) is 28.4 Å². The second-order valence-electron chi connectivity index (χ2n) is 6.63. The summed E-state index contributed by atoms with van der Waals surface area (Å²) in [5, 5.41) is 0. The fourth-order valence-electron chi connectivity index (χ4n) is 3.22. The van der Waals surface area contributed by atoms with Gasteiger partial charge in [0.15, 0.2) is 0 Å². The van der Waals surface area contributed by atoms with Gasteiger partial charge in [-0.2, -0.15) is 4.31 Å². The van der Waals surface area contributed by atoms with Gasteiger partial charge in [-0.15, -0.1) is 0 Å². The van der Waals surface area contributed by atoms with E-state index in [1.807, 2.05) is 0 Å². The number of benzene rings is 3. The molecule has 0 bridgehead atoms. The Balaban J connectivity index is 1.89. The van der Waals surface area contributed by atoms with Crippen LogP contribution in [0.25, 0.3) is 0 Å². The number of rotatable bonds is 3. The number of sulfonamides is 1. The number of amides is 2. The molecule has 0 N–H and O–H groups in total. The van der Waals surface area contributed by atoms with Crippen LogP contribution < -0.4 is 9.21 Å². The molecule has 0 spiro atoms. The zero-order valence-electron chi connectivity index (χ0n) is 15.3. The lowest BCUT2D eigenvalue weighted by molar-refractivity contribution is 0.253. The lowest BCUT2D eigenvalue weighted by atomic mass is 10.2. The Hall–Kier alpha value is -3.26. The number of hydrogen-bond donors (Lipinski definition) is 0. The fraction of sp³-hybridized carbons (Fsp3) is 0.0952. The van der Waals surface area contributed by atoms with Crippen LogP contribution in [0.15, 0.2) is 71.6 Å². The largest absolute Gasteiger partial charge is 0.343 e. The Bertz CT molecular complexity index is 1230. The Morgan fingerprint density at radius 3 is 2.31 bits per heavy atom. The molecule has 5 nitrogen and oxygen atoms in total. The Labute approximate surface area is 166 Å². The predicted octanol–water partition coefficient (Wildman–Crippen LogP) is 4.61. The molecular weight excluding hydrogens is 398 g/mol. The number of anilines is 2. The molecule has 4 rings (SSSR count). The molecule has 148 valence electrons. The molecule has 3 aromatic carbocycles. The molecule has 8 heteroatoms. The van der Waals surface area contributed by atoms with E-state index in [4.69, 9.17) is 0 Å². The molecule has 1 heterocycles. The number of hydrogen-bond acceptors (Lipinski definition) is 3. The van der Waals surface area contributed by atoms with E-state index in [0.717, 1.165) is 6.07 Å². The fourth-order valence-corrected chi connectivity index (χ4v) is 4.80. The van der Waals surface area contributed by atoms with Crippen LogP contribution in [-0.4, -0.2) is 14.4 Å². The summed E-state index contributed by atoms with van der Waals surface area (Å²) in [6, 6.07) is 14.8. The number of nitrogens with zero attached hydrogens (tertiary/aromatic N) is 2. The topological polar surface area (TPSA) is 57.7 Å². The molecule has 0 saturated heterocycles. The van der Waals surface area contributed by atoms with Crippen molar-refractivity contribution in [3.8, 4) is 0 Å². The molecule has 1 aliphatic rings. The first-order valence-electron chi connectivity index (χ1n) is 8.76. The lowest BCUT2D eigenvalue weighted by Crippen LogP contribution is -2.50. The normalized spacial score (nSPS) is 15.3. The molecule has 0 fully saturated rings. The summed E-state index contributed by atoms with van der Waals surface area (Å²) in [6.07, 6.45) is 0. The van der Waals surface area contributed by atoms with Crippen LogP contribution >= 0.6 is 0 Å². The first kappa shape index (κ1) is 19.1. The molecule has 2 amide bonds. The van der Waals surface area contributed by atoms with E-state index in [1.165, 1.54) is 60.4 Å². The van der Waals surface area contributed by atoms with Gasteiger partial charge in [-0.05, 0) is 42.8 Å². The van der Waals surface area contributed by atoms with Gasteiger partial charge in [0, 0.05) is 5.56 Å². The number of carbonyl (C=O) groups excluding carboxylic acids is 1. The van der Waals surface area contributed by atoms with E-state index in [1.54, 1.807) is 12.1 Å². The first-order chi connectivity index (χ1) is 13.8. The van der Waals surface area contributed by atoms with Crippen LogP contribution in [0.4, 0.5) is 25.0 Å². The van der Waals surface area contributed by atoms with Gasteiger partial charge in [-0.3, -0.25) is 4.90 Å². The maximum Gasteiger partial charge on any atom is 0.343 e. The first-order valence-corrected chi connectivity index (χ1v) is 10.2. The lowest BCUT2D eigenvalue weighted by Gasteiger charge is -2.36. The van der Waals surface area contributed by atoms with Crippen molar-refractivity contribution in [3.05, 3.63) is 89.5 Å². The van der Waals surface area contributed by atoms with E-state index in [0.29, 0.717) is 9.87 Å². The molecule has 29 heavy (non-hydrogen) atoms. The van der Waals surface area contributed by atoms with Gasteiger partial charge < -0.3 is 0 Å². The monoisotopic (exact) mass is 414 g/mol. The predicted molar refractivity (Wildman–Crippen MR) is 105 cm³/mol. The highest BCUT2D eigenvalue weighted by atomic mass is 32.2. The number of para-hydroxylation sites is 1. The summed E-state index contributed by atoms with van der Waals surface area (Å²) in [5.74, 6) is -1.15. The molecule has 3 aromatic rings. The summed E-state index contributed by atoms with van der Waals surface area (Å²) >= 11 is 0. The van der Waals surface area contributed by atoms with Crippen LogP contribution in [0, 0.1) is 18.6 Å². The zero-order chi connectivity index (χ0) is 20.8. The summed E-state index contributed by atoms with van der Waals surface area (Å²) in [7, 11) is -4.27. The van der Waals surface area contributed by atoms with Gasteiger partial charge in [0.2, 0.25) is 0 Å². The molecule has 0 saturated carbocycles. The van der Waals surface area contributed by atoms with Crippen molar-refractivity contribution in [1.82, 2.24) is 0 Å². The van der Waals surface area contributed by atoms with Gasteiger partial charge in [-0.1, -0.05) is 36.4 Å². The zero-order valence-corrected chi connectivity index (χ0v) is 16.2. The van der Waals surface area contributed by atoms with Crippen LogP contribution in [0.5, 0.6) is 0 Å². The van der Waals surface area contributed by atoms with E-state index < -0.39 is 27.7 Å². The highest BCUT2D eigenvalue weighted by Gasteiger charge is 2.42. The van der Waals surface area contributed by atoms with Crippen molar-refractivity contribution in [2.75, 3.05) is 9.21 Å². The summed E-state index contributed by atoms with van der Waals surface area (Å²) in [4.78, 5) is 14.3. The number of halogens is 2. The second-order valence-corrected chi connectivity index (χ2v) is 8.39. The Morgan fingerprint density at radius 2 is 1.59 bits per heavy atom. The van der Waals surface area contributed by atoms with Crippen molar-refractivity contribution in [2.24, 2.45) is 0 Å². The number of aryl methyl sites for hydroxylation is 1. The number of fused-ring (bicyclic) bond motifs is 1. The molecule has 0 atom stereocenters. The average Bonchev–Trinajstić information content (AvgIpc) is 2.69. The molecule has 0 radical (unpaired) electrons. The molecule has 0 aliphatic carbocycles. The average molecular weight is 414 g/mol. The van der Waals surface area contributed by atoms with Gasteiger partial charge >= 0.3 is 6.03 Å². The van der Waals surface area contributed by atoms with E-state index in [9.17, 15) is 22.0 Å². The van der Waals surface area contributed by atoms with Crippen molar-refractivity contribution in [1.29, 1.82) is 0 Å². The number of urea groups is 1.